The number of nitrogens with zero attached hydrogens (tertiary/aromatic N) is 1. The monoisotopic (exact) mass is 243 g/mol. The Morgan fingerprint density at radius 3 is 2.78 bits per heavy atom. The highest BCUT2D eigenvalue weighted by Gasteiger charge is 2.46. The summed E-state index contributed by atoms with van der Waals surface area (Å²) in [6.45, 7) is 0. The van der Waals surface area contributed by atoms with Crippen LogP contribution in [0.15, 0.2) is 30.5 Å². The molecule has 1 aromatic heterocycles. The first-order valence-corrected chi connectivity index (χ1v) is 6.60. The highest BCUT2D eigenvalue weighted by Crippen LogP contribution is 2.39. The molecule has 3 nitrogen and oxygen atoms in total. The Bertz CT molecular complexity index is 552. The third kappa shape index (κ3) is 2.04. The number of aromatic nitrogens is 1. The normalized spacial score (nSPS) is 19.3. The summed E-state index contributed by atoms with van der Waals surface area (Å²) in [6.07, 6.45) is 5.33. The minimum Gasteiger partial charge on any atom is -0.361 e. The van der Waals surface area contributed by atoms with Crippen LogP contribution in [0.1, 0.15) is 18.4 Å². The van der Waals surface area contributed by atoms with Gasteiger partial charge in [0.05, 0.1) is 0 Å². The van der Waals surface area contributed by atoms with E-state index in [0.717, 1.165) is 19.3 Å². The smallest absolute Gasteiger partial charge is 0.0454 e. The van der Waals surface area contributed by atoms with Crippen LogP contribution in [-0.2, 0) is 6.42 Å². The summed E-state index contributed by atoms with van der Waals surface area (Å²) in [4.78, 5) is 5.50. The minimum atomic E-state index is 0.0383. The molecule has 0 spiro atoms. The van der Waals surface area contributed by atoms with Crippen molar-refractivity contribution in [1.29, 1.82) is 0 Å². The SMILES string of the molecule is CN(C)[C@@H](Cc1ccc2[nH]ccc2c1)C1(N)CC1. The van der Waals surface area contributed by atoms with Crippen LogP contribution in [-0.4, -0.2) is 35.6 Å². The largest absolute Gasteiger partial charge is 0.361 e. The van der Waals surface area contributed by atoms with Crippen LogP contribution in [0.5, 0.6) is 0 Å². The molecule has 1 aromatic carbocycles. The molecule has 0 amide bonds. The zero-order valence-electron chi connectivity index (χ0n) is 11.1. The number of hydrogen-bond donors (Lipinski definition) is 2. The van der Waals surface area contributed by atoms with Gasteiger partial charge in [0.25, 0.3) is 0 Å². The lowest BCUT2D eigenvalue weighted by molar-refractivity contribution is 0.240. The van der Waals surface area contributed by atoms with E-state index in [9.17, 15) is 0 Å². The van der Waals surface area contributed by atoms with Crippen molar-refractivity contribution in [3.05, 3.63) is 36.0 Å². The molecule has 18 heavy (non-hydrogen) atoms. The topological polar surface area (TPSA) is 45.0 Å². The summed E-state index contributed by atoms with van der Waals surface area (Å²) in [7, 11) is 4.26. The quantitative estimate of drug-likeness (QED) is 0.864. The van der Waals surface area contributed by atoms with Gasteiger partial charge in [-0.1, -0.05) is 6.07 Å². The van der Waals surface area contributed by atoms with Crippen LogP contribution in [0.3, 0.4) is 0 Å². The van der Waals surface area contributed by atoms with Gasteiger partial charge in [0.2, 0.25) is 0 Å². The van der Waals surface area contributed by atoms with Gasteiger partial charge in [-0.3, -0.25) is 0 Å². The molecule has 0 bridgehead atoms. The molecule has 3 heteroatoms. The van der Waals surface area contributed by atoms with E-state index in [1.165, 1.54) is 16.5 Å². The van der Waals surface area contributed by atoms with Crippen molar-refractivity contribution < 1.29 is 0 Å². The Kier molecular flexibility index (Phi) is 2.68. The number of hydrogen-bond acceptors (Lipinski definition) is 2. The predicted octanol–water partition coefficient (Wildman–Crippen LogP) is 2.13. The third-order valence-corrected chi connectivity index (χ3v) is 4.16. The average molecular weight is 243 g/mol. The Labute approximate surface area is 108 Å². The fourth-order valence-corrected chi connectivity index (χ4v) is 2.83. The predicted molar refractivity (Wildman–Crippen MR) is 75.6 cm³/mol. The third-order valence-electron chi connectivity index (χ3n) is 4.16. The molecule has 0 saturated heterocycles. The molecule has 96 valence electrons. The summed E-state index contributed by atoms with van der Waals surface area (Å²) in [5.74, 6) is 0. The standard InChI is InChI=1S/C15H21N3/c1-18(2)14(15(16)6-7-15)10-11-3-4-13-12(9-11)5-8-17-13/h3-5,8-9,14,17H,6-7,10,16H2,1-2H3/t14-/m0/s1. The number of nitrogens with one attached hydrogen (secondary N) is 1. The fraction of sp³-hybridized carbons (Fsp3) is 0.467. The maximum absolute atomic E-state index is 6.38. The number of fused-ring (bicyclic) bond motifs is 1. The number of rotatable bonds is 4. The van der Waals surface area contributed by atoms with E-state index in [4.69, 9.17) is 5.73 Å². The lowest BCUT2D eigenvalue weighted by Gasteiger charge is -2.30. The second-order valence-corrected chi connectivity index (χ2v) is 5.82. The van der Waals surface area contributed by atoms with Crippen molar-refractivity contribution in [2.75, 3.05) is 14.1 Å². The zero-order valence-corrected chi connectivity index (χ0v) is 11.1. The number of H-pyrrole nitrogens is 1. The van der Waals surface area contributed by atoms with E-state index in [1.807, 2.05) is 6.20 Å². The first-order chi connectivity index (χ1) is 8.58. The molecular formula is C15H21N3. The summed E-state index contributed by atoms with van der Waals surface area (Å²) in [5.41, 5.74) is 9.00. The van der Waals surface area contributed by atoms with Gasteiger partial charge in [0.1, 0.15) is 0 Å². The molecule has 1 aliphatic rings. The number of aromatic amines is 1. The molecule has 3 rings (SSSR count). The summed E-state index contributed by atoms with van der Waals surface area (Å²) < 4.78 is 0. The zero-order chi connectivity index (χ0) is 12.8. The van der Waals surface area contributed by atoms with Crippen LogP contribution in [0.2, 0.25) is 0 Å². The van der Waals surface area contributed by atoms with Gasteiger partial charge in [0, 0.05) is 23.3 Å². The lowest BCUT2D eigenvalue weighted by atomic mass is 9.96. The Morgan fingerprint density at radius 2 is 2.11 bits per heavy atom. The van der Waals surface area contributed by atoms with E-state index in [-0.39, 0.29) is 5.54 Å². The molecule has 0 aliphatic heterocycles. The number of likely N-dealkylation sites (N-methyl/N-ethyl adjacent to an activating group) is 1. The van der Waals surface area contributed by atoms with E-state index >= 15 is 0 Å². The van der Waals surface area contributed by atoms with Crippen molar-refractivity contribution in [3.8, 4) is 0 Å². The first kappa shape index (κ1) is 11.8. The first-order valence-electron chi connectivity index (χ1n) is 6.60. The highest BCUT2D eigenvalue weighted by atomic mass is 15.1. The minimum absolute atomic E-state index is 0.0383. The molecule has 0 unspecified atom stereocenters. The highest BCUT2D eigenvalue weighted by molar-refractivity contribution is 5.79. The van der Waals surface area contributed by atoms with Crippen molar-refractivity contribution in [3.63, 3.8) is 0 Å². The second kappa shape index (κ2) is 4.11. The molecular weight excluding hydrogens is 222 g/mol. The van der Waals surface area contributed by atoms with Crippen LogP contribution < -0.4 is 5.73 Å². The fourth-order valence-electron chi connectivity index (χ4n) is 2.83. The van der Waals surface area contributed by atoms with Gasteiger partial charge in [-0.2, -0.15) is 0 Å². The average Bonchev–Trinajstić information content (AvgIpc) is 2.91. The van der Waals surface area contributed by atoms with E-state index in [1.54, 1.807) is 0 Å². The van der Waals surface area contributed by atoms with Crippen LogP contribution in [0, 0.1) is 0 Å². The van der Waals surface area contributed by atoms with Gasteiger partial charge in [-0.05, 0) is 62.5 Å². The molecule has 1 saturated carbocycles. The molecule has 0 radical (unpaired) electrons. The van der Waals surface area contributed by atoms with Crippen LogP contribution >= 0.6 is 0 Å². The Hall–Kier alpha value is -1.32. The van der Waals surface area contributed by atoms with E-state index in [0.29, 0.717) is 6.04 Å². The van der Waals surface area contributed by atoms with Gasteiger partial charge in [-0.25, -0.2) is 0 Å². The van der Waals surface area contributed by atoms with Crippen molar-refractivity contribution in [2.24, 2.45) is 5.73 Å². The molecule has 3 N–H and O–H groups in total. The maximum Gasteiger partial charge on any atom is 0.0454 e. The lowest BCUT2D eigenvalue weighted by Crippen LogP contribution is -2.47. The molecule has 1 aliphatic carbocycles. The Balaban J connectivity index is 1.85. The molecule has 1 atom stereocenters. The Morgan fingerprint density at radius 1 is 1.33 bits per heavy atom. The number of nitrogens with two attached hydrogens (primary N) is 1. The van der Waals surface area contributed by atoms with Crippen molar-refractivity contribution >= 4 is 10.9 Å². The summed E-state index contributed by atoms with van der Waals surface area (Å²) >= 11 is 0. The summed E-state index contributed by atoms with van der Waals surface area (Å²) in [6, 6.07) is 9.20. The van der Waals surface area contributed by atoms with Crippen molar-refractivity contribution in [1.82, 2.24) is 9.88 Å². The van der Waals surface area contributed by atoms with Gasteiger partial charge >= 0.3 is 0 Å². The molecule has 2 aromatic rings. The molecule has 1 heterocycles. The van der Waals surface area contributed by atoms with E-state index in [2.05, 4.69) is 48.2 Å². The van der Waals surface area contributed by atoms with E-state index < -0.39 is 0 Å². The van der Waals surface area contributed by atoms with Crippen LogP contribution in [0.4, 0.5) is 0 Å². The number of benzene rings is 1. The van der Waals surface area contributed by atoms with Crippen molar-refractivity contribution in [2.45, 2.75) is 30.8 Å². The summed E-state index contributed by atoms with van der Waals surface area (Å²) in [5, 5.41) is 1.28. The van der Waals surface area contributed by atoms with Gasteiger partial charge in [-0.15, -0.1) is 0 Å². The van der Waals surface area contributed by atoms with Gasteiger partial charge < -0.3 is 15.6 Å². The van der Waals surface area contributed by atoms with Gasteiger partial charge in [0.15, 0.2) is 0 Å². The maximum atomic E-state index is 6.38. The second-order valence-electron chi connectivity index (χ2n) is 5.82. The van der Waals surface area contributed by atoms with Crippen LogP contribution in [0.25, 0.3) is 10.9 Å². The molecule has 1 fully saturated rings.